The molecule has 120 valence electrons. The van der Waals surface area contributed by atoms with Crippen molar-refractivity contribution in [2.75, 3.05) is 0 Å². The topological polar surface area (TPSA) is 66.4 Å². The molecule has 0 aliphatic heterocycles. The summed E-state index contributed by atoms with van der Waals surface area (Å²) < 4.78 is 0. The molecule has 0 bridgehead atoms. The predicted molar refractivity (Wildman–Crippen MR) is 89.5 cm³/mol. The van der Waals surface area contributed by atoms with E-state index in [-0.39, 0.29) is 17.9 Å². The van der Waals surface area contributed by atoms with Crippen LogP contribution in [0, 0.1) is 13.8 Å². The number of nitrogens with one attached hydrogen (secondary N) is 1. The largest absolute Gasteiger partial charge is 0.478 e. The van der Waals surface area contributed by atoms with Crippen LogP contribution >= 0.6 is 0 Å². The summed E-state index contributed by atoms with van der Waals surface area (Å²) in [6.45, 7) is 4.55. The van der Waals surface area contributed by atoms with Crippen LogP contribution in [0.4, 0.5) is 0 Å². The van der Waals surface area contributed by atoms with E-state index in [9.17, 15) is 9.59 Å². The number of amides is 1. The molecule has 2 aromatic carbocycles. The maximum atomic E-state index is 12.0. The SMILES string of the molecule is Cc1cc(C)cc(CNC(=O)CCc2ccccc2C(=O)O)c1. The molecule has 2 N–H and O–H groups in total. The molecular formula is C19H21NO3. The lowest BCUT2D eigenvalue weighted by molar-refractivity contribution is -0.121. The van der Waals surface area contributed by atoms with Gasteiger partial charge in [-0.2, -0.15) is 0 Å². The number of carbonyl (C=O) groups is 2. The van der Waals surface area contributed by atoms with E-state index in [0.29, 0.717) is 18.5 Å². The lowest BCUT2D eigenvalue weighted by atomic mass is 10.0. The summed E-state index contributed by atoms with van der Waals surface area (Å²) in [5.41, 5.74) is 4.35. The van der Waals surface area contributed by atoms with Gasteiger partial charge in [-0.25, -0.2) is 4.79 Å². The van der Waals surface area contributed by atoms with Gasteiger partial charge in [-0.3, -0.25) is 4.79 Å². The molecule has 0 radical (unpaired) electrons. The van der Waals surface area contributed by atoms with Crippen molar-refractivity contribution in [1.29, 1.82) is 0 Å². The maximum absolute atomic E-state index is 12.0. The number of carbonyl (C=O) groups excluding carboxylic acids is 1. The minimum atomic E-state index is -0.962. The molecule has 2 aromatic rings. The van der Waals surface area contributed by atoms with Gasteiger partial charge >= 0.3 is 5.97 Å². The van der Waals surface area contributed by atoms with Crippen molar-refractivity contribution in [1.82, 2.24) is 5.32 Å². The normalized spacial score (nSPS) is 10.3. The first kappa shape index (κ1) is 16.7. The minimum absolute atomic E-state index is 0.0793. The number of benzene rings is 2. The fourth-order valence-corrected chi connectivity index (χ4v) is 2.66. The van der Waals surface area contributed by atoms with Gasteiger partial charge in [0.05, 0.1) is 5.56 Å². The van der Waals surface area contributed by atoms with Gasteiger partial charge in [0.15, 0.2) is 0 Å². The number of rotatable bonds is 6. The first-order valence-corrected chi connectivity index (χ1v) is 7.61. The van der Waals surface area contributed by atoms with Gasteiger partial charge in [0, 0.05) is 13.0 Å². The van der Waals surface area contributed by atoms with Crippen LogP contribution in [-0.2, 0) is 17.8 Å². The Bertz CT molecular complexity index is 702. The van der Waals surface area contributed by atoms with Gasteiger partial charge in [0.2, 0.25) is 5.91 Å². The van der Waals surface area contributed by atoms with Gasteiger partial charge in [-0.15, -0.1) is 0 Å². The van der Waals surface area contributed by atoms with E-state index in [1.165, 1.54) is 11.1 Å². The highest BCUT2D eigenvalue weighted by Crippen LogP contribution is 2.12. The summed E-state index contributed by atoms with van der Waals surface area (Å²) >= 11 is 0. The highest BCUT2D eigenvalue weighted by Gasteiger charge is 2.10. The summed E-state index contributed by atoms with van der Waals surface area (Å²) in [4.78, 5) is 23.1. The molecule has 23 heavy (non-hydrogen) atoms. The van der Waals surface area contributed by atoms with Crippen LogP contribution in [0.25, 0.3) is 0 Å². The summed E-state index contributed by atoms with van der Waals surface area (Å²) in [7, 11) is 0. The second-order valence-electron chi connectivity index (χ2n) is 5.73. The Kier molecular flexibility index (Phi) is 5.52. The Labute approximate surface area is 136 Å². The maximum Gasteiger partial charge on any atom is 0.335 e. The fourth-order valence-electron chi connectivity index (χ4n) is 2.66. The number of carboxylic acids is 1. The molecule has 0 aliphatic rings. The molecule has 4 nitrogen and oxygen atoms in total. The summed E-state index contributed by atoms with van der Waals surface area (Å²) in [5, 5.41) is 12.0. The van der Waals surface area contributed by atoms with Gasteiger partial charge in [0.25, 0.3) is 0 Å². The van der Waals surface area contributed by atoms with Crippen LogP contribution in [0.2, 0.25) is 0 Å². The zero-order valence-corrected chi connectivity index (χ0v) is 13.4. The van der Waals surface area contributed by atoms with E-state index in [1.54, 1.807) is 24.3 Å². The van der Waals surface area contributed by atoms with Crippen LogP contribution in [0.1, 0.15) is 39.0 Å². The van der Waals surface area contributed by atoms with E-state index in [2.05, 4.69) is 11.4 Å². The fraction of sp³-hybridized carbons (Fsp3) is 0.263. The molecule has 0 aliphatic carbocycles. The predicted octanol–water partition coefficient (Wildman–Crippen LogP) is 3.25. The van der Waals surface area contributed by atoms with Crippen LogP contribution in [0.3, 0.4) is 0 Å². The molecule has 0 atom stereocenters. The zero-order chi connectivity index (χ0) is 16.8. The summed E-state index contributed by atoms with van der Waals surface area (Å²) in [5.74, 6) is -1.04. The van der Waals surface area contributed by atoms with Crippen LogP contribution in [0.5, 0.6) is 0 Å². The smallest absolute Gasteiger partial charge is 0.335 e. The lowest BCUT2D eigenvalue weighted by Gasteiger charge is -2.08. The van der Waals surface area contributed by atoms with Crippen molar-refractivity contribution < 1.29 is 14.7 Å². The van der Waals surface area contributed by atoms with Crippen molar-refractivity contribution in [3.05, 3.63) is 70.3 Å². The first-order chi connectivity index (χ1) is 11.0. The Morgan fingerprint density at radius 3 is 2.35 bits per heavy atom. The van der Waals surface area contributed by atoms with Gasteiger partial charge < -0.3 is 10.4 Å². The standard InChI is InChI=1S/C19H21NO3/c1-13-9-14(2)11-15(10-13)12-20-18(21)8-7-16-5-3-4-6-17(16)19(22)23/h3-6,9-11H,7-8,12H2,1-2H3,(H,20,21)(H,22,23). The van der Waals surface area contributed by atoms with Gasteiger partial charge in [-0.05, 0) is 37.5 Å². The third kappa shape index (κ3) is 4.95. The van der Waals surface area contributed by atoms with Gasteiger partial charge in [-0.1, -0.05) is 47.5 Å². The number of carboxylic acid groups (broad SMARTS) is 1. The number of hydrogen-bond acceptors (Lipinski definition) is 2. The van der Waals surface area contributed by atoms with Crippen LogP contribution in [-0.4, -0.2) is 17.0 Å². The highest BCUT2D eigenvalue weighted by atomic mass is 16.4. The lowest BCUT2D eigenvalue weighted by Crippen LogP contribution is -2.23. The molecule has 0 heterocycles. The second-order valence-corrected chi connectivity index (χ2v) is 5.73. The second kappa shape index (κ2) is 7.58. The zero-order valence-electron chi connectivity index (χ0n) is 13.4. The van der Waals surface area contributed by atoms with E-state index in [0.717, 1.165) is 5.56 Å². The van der Waals surface area contributed by atoms with Gasteiger partial charge in [0.1, 0.15) is 0 Å². The Hall–Kier alpha value is -2.62. The van der Waals surface area contributed by atoms with Crippen molar-refractivity contribution >= 4 is 11.9 Å². The monoisotopic (exact) mass is 311 g/mol. The Balaban J connectivity index is 1.89. The molecular weight excluding hydrogens is 290 g/mol. The summed E-state index contributed by atoms with van der Waals surface area (Å²) in [6, 6.07) is 13.0. The van der Waals surface area contributed by atoms with Crippen molar-refractivity contribution in [3.8, 4) is 0 Å². The molecule has 0 fully saturated rings. The molecule has 0 spiro atoms. The molecule has 2 rings (SSSR count). The van der Waals surface area contributed by atoms with E-state index < -0.39 is 5.97 Å². The average molecular weight is 311 g/mol. The average Bonchev–Trinajstić information content (AvgIpc) is 2.50. The number of aryl methyl sites for hydroxylation is 3. The van der Waals surface area contributed by atoms with Crippen LogP contribution < -0.4 is 5.32 Å². The molecule has 0 aromatic heterocycles. The molecule has 0 saturated heterocycles. The Morgan fingerprint density at radius 2 is 1.70 bits per heavy atom. The highest BCUT2D eigenvalue weighted by molar-refractivity contribution is 5.89. The molecule has 4 heteroatoms. The van der Waals surface area contributed by atoms with Crippen LogP contribution in [0.15, 0.2) is 42.5 Å². The Morgan fingerprint density at radius 1 is 1.04 bits per heavy atom. The first-order valence-electron chi connectivity index (χ1n) is 7.61. The van der Waals surface area contributed by atoms with E-state index >= 15 is 0 Å². The number of hydrogen-bond donors (Lipinski definition) is 2. The number of aromatic carboxylic acids is 1. The third-order valence-electron chi connectivity index (χ3n) is 3.64. The van der Waals surface area contributed by atoms with Crippen molar-refractivity contribution in [2.45, 2.75) is 33.2 Å². The molecule has 1 amide bonds. The summed E-state index contributed by atoms with van der Waals surface area (Å²) in [6.07, 6.45) is 0.691. The van der Waals surface area contributed by atoms with Crippen molar-refractivity contribution in [3.63, 3.8) is 0 Å². The molecule has 0 unspecified atom stereocenters. The minimum Gasteiger partial charge on any atom is -0.478 e. The van der Waals surface area contributed by atoms with Crippen molar-refractivity contribution in [2.24, 2.45) is 0 Å². The third-order valence-corrected chi connectivity index (χ3v) is 3.64. The van der Waals surface area contributed by atoms with E-state index in [4.69, 9.17) is 5.11 Å². The molecule has 0 saturated carbocycles. The quantitative estimate of drug-likeness (QED) is 0.860. The van der Waals surface area contributed by atoms with E-state index in [1.807, 2.05) is 26.0 Å².